The number of anilines is 1. The number of carbonyl (C=O) groups excluding carboxylic acids is 1. The van der Waals surface area contributed by atoms with Crippen molar-refractivity contribution in [2.45, 2.75) is 38.6 Å². The summed E-state index contributed by atoms with van der Waals surface area (Å²) >= 11 is 7.57. The number of aromatic nitrogens is 3. The van der Waals surface area contributed by atoms with Gasteiger partial charge < -0.3 is 14.8 Å². The summed E-state index contributed by atoms with van der Waals surface area (Å²) < 4.78 is 13.4. The fourth-order valence-electron chi connectivity index (χ4n) is 3.08. The van der Waals surface area contributed by atoms with Gasteiger partial charge in [0.25, 0.3) is 0 Å². The number of carbonyl (C=O) groups is 1. The summed E-state index contributed by atoms with van der Waals surface area (Å²) in [4.78, 5) is 12.4. The van der Waals surface area contributed by atoms with Crippen molar-refractivity contribution in [3.05, 3.63) is 71.5 Å². The Morgan fingerprint density at radius 3 is 2.73 bits per heavy atom. The molecule has 3 aromatic rings. The van der Waals surface area contributed by atoms with Crippen LogP contribution in [-0.2, 0) is 11.3 Å². The average Bonchev–Trinajstić information content (AvgIpc) is 3.19. The number of hydrogen-bond donors (Lipinski definition) is 1. The highest BCUT2D eigenvalue weighted by Gasteiger charge is 2.20. The molecule has 2 aromatic carbocycles. The van der Waals surface area contributed by atoms with Gasteiger partial charge in [-0.05, 0) is 62.7 Å². The Morgan fingerprint density at radius 1 is 1.27 bits per heavy atom. The molecule has 1 aromatic heterocycles. The van der Waals surface area contributed by atoms with Gasteiger partial charge in [0.15, 0.2) is 17.1 Å². The van der Waals surface area contributed by atoms with E-state index in [4.69, 9.17) is 21.1 Å². The summed E-state index contributed by atoms with van der Waals surface area (Å²) in [6.07, 6.45) is 1.35. The second-order valence-electron chi connectivity index (χ2n) is 7.23. The molecule has 174 valence electrons. The van der Waals surface area contributed by atoms with E-state index in [9.17, 15) is 4.79 Å². The maximum Gasteiger partial charge on any atom is 0.234 e. The molecule has 0 aliphatic heterocycles. The fourth-order valence-corrected chi connectivity index (χ4v) is 4.00. The summed E-state index contributed by atoms with van der Waals surface area (Å²) in [6.45, 7) is 10.7. The Labute approximate surface area is 203 Å². The zero-order valence-electron chi connectivity index (χ0n) is 18.9. The number of allylic oxidation sites excluding steroid dienone is 1. The highest BCUT2D eigenvalue weighted by atomic mass is 35.5. The van der Waals surface area contributed by atoms with Crippen LogP contribution in [0.2, 0.25) is 5.02 Å². The van der Waals surface area contributed by atoms with Gasteiger partial charge >= 0.3 is 0 Å². The van der Waals surface area contributed by atoms with Crippen LogP contribution in [0.5, 0.6) is 11.5 Å². The van der Waals surface area contributed by atoms with Crippen molar-refractivity contribution in [2.75, 3.05) is 17.7 Å². The summed E-state index contributed by atoms with van der Waals surface area (Å²) in [6, 6.07) is 12.9. The van der Waals surface area contributed by atoms with Gasteiger partial charge in [-0.2, -0.15) is 0 Å². The molecule has 33 heavy (non-hydrogen) atoms. The van der Waals surface area contributed by atoms with Gasteiger partial charge in [0.2, 0.25) is 5.91 Å². The monoisotopic (exact) mass is 486 g/mol. The summed E-state index contributed by atoms with van der Waals surface area (Å²) in [7, 11) is 0. The Hall–Kier alpha value is -2.97. The first-order chi connectivity index (χ1) is 15.9. The number of aryl methyl sites for hydroxylation is 1. The molecule has 0 radical (unpaired) electrons. The maximum atomic E-state index is 12.4. The van der Waals surface area contributed by atoms with Crippen LogP contribution in [0, 0.1) is 6.92 Å². The summed E-state index contributed by atoms with van der Waals surface area (Å²) in [5, 5.41) is 12.6. The number of benzene rings is 2. The van der Waals surface area contributed by atoms with Crippen LogP contribution < -0.4 is 14.8 Å². The molecule has 0 fully saturated rings. The van der Waals surface area contributed by atoms with Crippen molar-refractivity contribution in [1.82, 2.24) is 14.8 Å². The zero-order chi connectivity index (χ0) is 23.8. The van der Waals surface area contributed by atoms with Crippen LogP contribution in [0.1, 0.15) is 31.3 Å². The SMILES string of the molecule is C=CCn1c(SCC(=O)Nc2ccc(OCC)cc2)nnc1C(C)Oc1cc(C)ccc1Cl. The molecule has 9 heteroatoms. The van der Waals surface area contributed by atoms with Gasteiger partial charge in [-0.25, -0.2) is 0 Å². The molecule has 1 amide bonds. The van der Waals surface area contributed by atoms with Crippen molar-refractivity contribution in [3.63, 3.8) is 0 Å². The number of halogens is 1. The minimum atomic E-state index is -0.399. The van der Waals surface area contributed by atoms with Crippen molar-refractivity contribution in [3.8, 4) is 11.5 Å². The third-order valence-corrected chi connectivity index (χ3v) is 5.87. The molecule has 0 spiro atoms. The molecule has 1 heterocycles. The maximum absolute atomic E-state index is 12.4. The topological polar surface area (TPSA) is 78.3 Å². The van der Waals surface area contributed by atoms with Crippen LogP contribution in [0.25, 0.3) is 0 Å². The van der Waals surface area contributed by atoms with Gasteiger partial charge in [0.1, 0.15) is 11.5 Å². The average molecular weight is 487 g/mol. The molecular weight excluding hydrogens is 460 g/mol. The van der Waals surface area contributed by atoms with Crippen LogP contribution in [0.3, 0.4) is 0 Å². The fraction of sp³-hybridized carbons (Fsp3) is 0.292. The van der Waals surface area contributed by atoms with Gasteiger partial charge in [0, 0.05) is 12.2 Å². The molecule has 3 rings (SSSR count). The quantitative estimate of drug-likeness (QED) is 0.277. The number of hydrogen-bond acceptors (Lipinski definition) is 6. The minimum Gasteiger partial charge on any atom is -0.494 e. The third kappa shape index (κ3) is 6.76. The Kier molecular flexibility index (Phi) is 8.79. The molecule has 1 atom stereocenters. The first kappa shape index (κ1) is 24.7. The molecule has 0 aliphatic rings. The lowest BCUT2D eigenvalue weighted by atomic mass is 10.2. The van der Waals surface area contributed by atoms with Gasteiger partial charge in [-0.3, -0.25) is 9.36 Å². The van der Waals surface area contributed by atoms with E-state index in [-0.39, 0.29) is 11.7 Å². The number of rotatable bonds is 11. The lowest BCUT2D eigenvalue weighted by Gasteiger charge is -2.17. The number of nitrogens with zero attached hydrogens (tertiary/aromatic N) is 3. The Balaban J connectivity index is 1.65. The van der Waals surface area contributed by atoms with Gasteiger partial charge in [-0.15, -0.1) is 16.8 Å². The first-order valence-corrected chi connectivity index (χ1v) is 11.9. The van der Waals surface area contributed by atoms with E-state index >= 15 is 0 Å². The van der Waals surface area contributed by atoms with Gasteiger partial charge in [-0.1, -0.05) is 35.5 Å². The Bertz CT molecular complexity index is 1100. The zero-order valence-corrected chi connectivity index (χ0v) is 20.4. The van der Waals surface area contributed by atoms with E-state index in [2.05, 4.69) is 22.1 Å². The van der Waals surface area contributed by atoms with Crippen molar-refractivity contribution >= 4 is 35.0 Å². The number of amides is 1. The number of ether oxygens (including phenoxy) is 2. The second-order valence-corrected chi connectivity index (χ2v) is 8.58. The molecule has 0 saturated heterocycles. The summed E-state index contributed by atoms with van der Waals surface area (Å²) in [5.74, 6) is 2.01. The van der Waals surface area contributed by atoms with Crippen molar-refractivity contribution in [1.29, 1.82) is 0 Å². The Morgan fingerprint density at radius 2 is 2.03 bits per heavy atom. The highest BCUT2D eigenvalue weighted by molar-refractivity contribution is 7.99. The van der Waals surface area contributed by atoms with E-state index in [1.165, 1.54) is 11.8 Å². The normalized spacial score (nSPS) is 11.6. The van der Waals surface area contributed by atoms with E-state index < -0.39 is 6.10 Å². The van der Waals surface area contributed by atoms with Crippen LogP contribution in [0.15, 0.2) is 60.3 Å². The number of thioether (sulfide) groups is 1. The van der Waals surface area contributed by atoms with E-state index in [0.717, 1.165) is 11.3 Å². The summed E-state index contributed by atoms with van der Waals surface area (Å²) in [5.41, 5.74) is 1.75. The molecule has 0 aliphatic carbocycles. The predicted molar refractivity (Wildman–Crippen MR) is 132 cm³/mol. The molecular formula is C24H27ClN4O3S. The van der Waals surface area contributed by atoms with Crippen molar-refractivity contribution < 1.29 is 14.3 Å². The minimum absolute atomic E-state index is 0.144. The predicted octanol–water partition coefficient (Wildman–Crippen LogP) is 5.70. The lowest BCUT2D eigenvalue weighted by Crippen LogP contribution is -2.15. The number of nitrogens with one attached hydrogen (secondary N) is 1. The molecule has 0 saturated carbocycles. The standard InChI is InChI=1S/C24H27ClN4O3S/c1-5-13-29-23(17(4)32-21-14-16(3)7-12-20(21)25)27-28-24(29)33-15-22(30)26-18-8-10-19(11-9-18)31-6-2/h5,7-12,14,17H,1,6,13,15H2,2-4H3,(H,26,30). The third-order valence-electron chi connectivity index (χ3n) is 4.59. The first-order valence-electron chi connectivity index (χ1n) is 10.5. The lowest BCUT2D eigenvalue weighted by molar-refractivity contribution is -0.113. The molecule has 0 bridgehead atoms. The van der Waals surface area contributed by atoms with E-state index in [0.29, 0.717) is 40.6 Å². The highest BCUT2D eigenvalue weighted by Crippen LogP contribution is 2.30. The van der Waals surface area contributed by atoms with Gasteiger partial charge in [0.05, 0.1) is 17.4 Å². The molecule has 1 unspecified atom stereocenters. The van der Waals surface area contributed by atoms with E-state index in [1.807, 2.05) is 49.6 Å². The second kappa shape index (κ2) is 11.8. The van der Waals surface area contributed by atoms with Crippen LogP contribution >= 0.6 is 23.4 Å². The largest absolute Gasteiger partial charge is 0.494 e. The van der Waals surface area contributed by atoms with Crippen LogP contribution in [0.4, 0.5) is 5.69 Å². The van der Waals surface area contributed by atoms with E-state index in [1.54, 1.807) is 24.3 Å². The molecule has 7 nitrogen and oxygen atoms in total. The van der Waals surface area contributed by atoms with Crippen molar-refractivity contribution in [2.24, 2.45) is 0 Å². The van der Waals surface area contributed by atoms with Crippen LogP contribution in [-0.4, -0.2) is 33.0 Å². The molecule has 1 N–H and O–H groups in total. The smallest absolute Gasteiger partial charge is 0.234 e.